The van der Waals surface area contributed by atoms with Crippen molar-refractivity contribution in [1.29, 1.82) is 0 Å². The normalized spacial score (nSPS) is 11.1. The van der Waals surface area contributed by atoms with Gasteiger partial charge in [-0.2, -0.15) is 18.3 Å². The van der Waals surface area contributed by atoms with Crippen molar-refractivity contribution in [3.05, 3.63) is 66.0 Å². The maximum atomic E-state index is 12.9. The summed E-state index contributed by atoms with van der Waals surface area (Å²) >= 11 is 0. The van der Waals surface area contributed by atoms with Crippen LogP contribution in [0.2, 0.25) is 0 Å². The number of anilines is 1. The average Bonchev–Trinajstić information content (AvgIpc) is 3.21. The van der Waals surface area contributed by atoms with E-state index in [1.807, 2.05) is 12.1 Å². The molecule has 2 aromatic carbocycles. The van der Waals surface area contributed by atoms with Gasteiger partial charge in [0, 0.05) is 6.54 Å². The van der Waals surface area contributed by atoms with Crippen LogP contribution in [0.1, 0.15) is 11.1 Å². The van der Waals surface area contributed by atoms with Crippen LogP contribution in [0.5, 0.6) is 11.5 Å². The molecular formula is C21H21F3N4O3. The molecule has 0 spiro atoms. The summed E-state index contributed by atoms with van der Waals surface area (Å²) in [6.07, 6.45) is -1.09. The van der Waals surface area contributed by atoms with E-state index in [0.717, 1.165) is 17.7 Å². The summed E-state index contributed by atoms with van der Waals surface area (Å²) in [5.41, 5.74) is 0.760. The molecule has 1 aromatic heterocycles. The SMILES string of the molecule is COc1ccc(CCNC(=O)Nc2cnn(-c3cccc(C(F)(F)F)c3)c2)cc1OC. The number of halogens is 3. The number of carbonyl (C=O) groups is 1. The molecule has 0 fully saturated rings. The summed E-state index contributed by atoms with van der Waals surface area (Å²) in [5.74, 6) is 1.22. The van der Waals surface area contributed by atoms with Gasteiger partial charge in [0.1, 0.15) is 0 Å². The molecule has 0 aliphatic heterocycles. The highest BCUT2D eigenvalue weighted by atomic mass is 19.4. The van der Waals surface area contributed by atoms with Crippen molar-refractivity contribution in [2.45, 2.75) is 12.6 Å². The largest absolute Gasteiger partial charge is 0.493 e. The highest BCUT2D eigenvalue weighted by molar-refractivity contribution is 5.88. The van der Waals surface area contributed by atoms with Crippen LogP contribution in [0.4, 0.5) is 23.7 Å². The number of urea groups is 1. The topological polar surface area (TPSA) is 77.4 Å². The number of aromatic nitrogens is 2. The lowest BCUT2D eigenvalue weighted by molar-refractivity contribution is -0.137. The smallest absolute Gasteiger partial charge is 0.416 e. The van der Waals surface area contributed by atoms with E-state index in [2.05, 4.69) is 15.7 Å². The van der Waals surface area contributed by atoms with Gasteiger partial charge in [0.25, 0.3) is 0 Å². The second kappa shape index (κ2) is 9.41. The monoisotopic (exact) mass is 434 g/mol. The fraction of sp³-hybridized carbons (Fsp3) is 0.238. The molecule has 2 N–H and O–H groups in total. The molecule has 0 bridgehead atoms. The Morgan fingerprint density at radius 1 is 1.10 bits per heavy atom. The molecule has 0 aliphatic rings. The summed E-state index contributed by atoms with van der Waals surface area (Å²) in [4.78, 5) is 12.1. The number of benzene rings is 2. The molecule has 3 aromatic rings. The highest BCUT2D eigenvalue weighted by Crippen LogP contribution is 2.30. The van der Waals surface area contributed by atoms with Crippen molar-refractivity contribution in [3.63, 3.8) is 0 Å². The fourth-order valence-electron chi connectivity index (χ4n) is 2.89. The third-order valence-electron chi connectivity index (χ3n) is 4.43. The van der Waals surface area contributed by atoms with Crippen molar-refractivity contribution in [2.24, 2.45) is 0 Å². The van der Waals surface area contributed by atoms with Gasteiger partial charge >= 0.3 is 12.2 Å². The summed E-state index contributed by atoms with van der Waals surface area (Å²) < 4.78 is 50.3. The molecular weight excluding hydrogens is 413 g/mol. The zero-order valence-corrected chi connectivity index (χ0v) is 16.9. The van der Waals surface area contributed by atoms with Crippen molar-refractivity contribution >= 4 is 11.7 Å². The Balaban J connectivity index is 1.55. The Bertz CT molecular complexity index is 1050. The van der Waals surface area contributed by atoms with Crippen molar-refractivity contribution in [2.75, 3.05) is 26.1 Å². The molecule has 3 rings (SSSR count). The molecule has 0 saturated carbocycles. The number of carbonyl (C=O) groups excluding carboxylic acids is 1. The van der Waals surface area contributed by atoms with Crippen LogP contribution in [0.3, 0.4) is 0 Å². The summed E-state index contributed by atoms with van der Waals surface area (Å²) in [7, 11) is 3.10. The number of nitrogens with zero attached hydrogens (tertiary/aromatic N) is 2. The van der Waals surface area contributed by atoms with Crippen LogP contribution >= 0.6 is 0 Å². The first-order valence-corrected chi connectivity index (χ1v) is 9.28. The minimum atomic E-state index is -4.45. The third-order valence-corrected chi connectivity index (χ3v) is 4.43. The first-order chi connectivity index (χ1) is 14.8. The Kier molecular flexibility index (Phi) is 6.68. The molecule has 0 saturated heterocycles. The van der Waals surface area contributed by atoms with Crippen LogP contribution in [0.15, 0.2) is 54.9 Å². The Morgan fingerprint density at radius 2 is 1.87 bits per heavy atom. The zero-order chi connectivity index (χ0) is 22.4. The van der Waals surface area contributed by atoms with E-state index in [4.69, 9.17) is 9.47 Å². The number of nitrogens with one attached hydrogen (secondary N) is 2. The summed E-state index contributed by atoms with van der Waals surface area (Å²) in [6.45, 7) is 0.364. The van der Waals surface area contributed by atoms with E-state index >= 15 is 0 Å². The van der Waals surface area contributed by atoms with Crippen LogP contribution < -0.4 is 20.1 Å². The quantitative estimate of drug-likeness (QED) is 0.582. The predicted molar refractivity (Wildman–Crippen MR) is 109 cm³/mol. The third kappa shape index (κ3) is 5.68. The van der Waals surface area contributed by atoms with Crippen LogP contribution in [0, 0.1) is 0 Å². The van der Waals surface area contributed by atoms with Crippen molar-refractivity contribution < 1.29 is 27.4 Å². The van der Waals surface area contributed by atoms with Gasteiger partial charge in [0.15, 0.2) is 11.5 Å². The second-order valence-electron chi connectivity index (χ2n) is 6.54. The van der Waals surface area contributed by atoms with Crippen molar-refractivity contribution in [1.82, 2.24) is 15.1 Å². The van der Waals surface area contributed by atoms with Crippen LogP contribution in [-0.2, 0) is 12.6 Å². The summed E-state index contributed by atoms with van der Waals surface area (Å²) in [5, 5.41) is 9.33. The number of amides is 2. The molecule has 0 radical (unpaired) electrons. The van der Waals surface area contributed by atoms with Gasteiger partial charge in [-0.3, -0.25) is 0 Å². The minimum absolute atomic E-state index is 0.233. The number of ether oxygens (including phenoxy) is 2. The molecule has 2 amide bonds. The van der Waals surface area contributed by atoms with Gasteiger partial charge in [0.05, 0.1) is 43.6 Å². The first-order valence-electron chi connectivity index (χ1n) is 9.28. The van der Waals surface area contributed by atoms with E-state index in [1.54, 1.807) is 20.3 Å². The maximum absolute atomic E-state index is 12.9. The lowest BCUT2D eigenvalue weighted by Gasteiger charge is -2.10. The van der Waals surface area contributed by atoms with E-state index in [9.17, 15) is 18.0 Å². The molecule has 0 atom stereocenters. The fourth-order valence-corrected chi connectivity index (χ4v) is 2.89. The van der Waals surface area contributed by atoms with E-state index in [1.165, 1.54) is 29.2 Å². The molecule has 10 heteroatoms. The Labute approximate surface area is 176 Å². The summed E-state index contributed by atoms with van der Waals surface area (Å²) in [6, 6.07) is 9.80. The molecule has 164 valence electrons. The standard InChI is InChI=1S/C21H21F3N4O3/c1-30-18-7-6-14(10-19(18)31-2)8-9-25-20(29)27-16-12-26-28(13-16)17-5-3-4-15(11-17)21(22,23)24/h3-7,10-13H,8-9H2,1-2H3,(H2,25,27,29). The minimum Gasteiger partial charge on any atom is -0.493 e. The van der Waals surface area contributed by atoms with Gasteiger partial charge in [-0.05, 0) is 42.3 Å². The van der Waals surface area contributed by atoms with Gasteiger partial charge in [-0.15, -0.1) is 0 Å². The molecule has 0 aliphatic carbocycles. The Morgan fingerprint density at radius 3 is 2.58 bits per heavy atom. The average molecular weight is 434 g/mol. The predicted octanol–water partition coefficient (Wildman–Crippen LogP) is 4.27. The van der Waals surface area contributed by atoms with E-state index in [-0.39, 0.29) is 5.69 Å². The second-order valence-corrected chi connectivity index (χ2v) is 6.54. The lowest BCUT2D eigenvalue weighted by Crippen LogP contribution is -2.30. The van der Waals surface area contributed by atoms with Crippen molar-refractivity contribution in [3.8, 4) is 17.2 Å². The molecule has 31 heavy (non-hydrogen) atoms. The van der Waals surface area contributed by atoms with Gasteiger partial charge < -0.3 is 20.1 Å². The highest BCUT2D eigenvalue weighted by Gasteiger charge is 2.30. The van der Waals surface area contributed by atoms with Gasteiger partial charge in [-0.1, -0.05) is 12.1 Å². The first kappa shape index (κ1) is 22.0. The maximum Gasteiger partial charge on any atom is 0.416 e. The molecule has 1 heterocycles. The number of hydrogen-bond acceptors (Lipinski definition) is 4. The molecule has 0 unspecified atom stereocenters. The zero-order valence-electron chi connectivity index (χ0n) is 16.9. The number of alkyl halides is 3. The van der Waals surface area contributed by atoms with Crippen LogP contribution in [-0.4, -0.2) is 36.6 Å². The number of rotatable bonds is 7. The molecule has 7 nitrogen and oxygen atoms in total. The Hall–Kier alpha value is -3.69. The number of methoxy groups -OCH3 is 2. The lowest BCUT2D eigenvalue weighted by atomic mass is 10.1. The van der Waals surface area contributed by atoms with Crippen LogP contribution in [0.25, 0.3) is 5.69 Å². The van der Waals surface area contributed by atoms with Gasteiger partial charge in [0.2, 0.25) is 0 Å². The van der Waals surface area contributed by atoms with E-state index < -0.39 is 17.8 Å². The van der Waals surface area contributed by atoms with E-state index in [0.29, 0.717) is 30.2 Å². The number of hydrogen-bond donors (Lipinski definition) is 2. The van der Waals surface area contributed by atoms with Gasteiger partial charge in [-0.25, -0.2) is 9.48 Å².